The van der Waals surface area contributed by atoms with Gasteiger partial charge >= 0.3 is 0 Å². The van der Waals surface area contributed by atoms with E-state index in [-0.39, 0.29) is 5.48 Å². The quantitative estimate of drug-likeness (QED) is 0.685. The summed E-state index contributed by atoms with van der Waals surface area (Å²) in [6, 6.07) is 5.63. The smallest absolute Gasteiger partial charge is 0.119 e. The molecule has 0 heterocycles. The van der Waals surface area contributed by atoms with Crippen LogP contribution in [0.3, 0.4) is 0 Å². The zero-order valence-corrected chi connectivity index (χ0v) is 7.76. The van der Waals surface area contributed by atoms with Crippen molar-refractivity contribution in [2.75, 3.05) is 0 Å². The lowest BCUT2D eigenvalue weighted by Crippen LogP contribution is -1.91. The molecule has 0 fully saturated rings. The zero-order valence-electron chi connectivity index (χ0n) is 7.76. The van der Waals surface area contributed by atoms with Crippen molar-refractivity contribution in [3.05, 3.63) is 29.3 Å². The number of aromatic hydroxyl groups is 1. The third kappa shape index (κ3) is 1.98. The predicted molar refractivity (Wildman–Crippen MR) is 50.5 cm³/mol. The van der Waals surface area contributed by atoms with Crippen molar-refractivity contribution in [1.82, 2.24) is 0 Å². The first-order valence-corrected chi connectivity index (χ1v) is 3.91. The molecule has 0 aromatic heterocycles. The van der Waals surface area contributed by atoms with Gasteiger partial charge in [0.25, 0.3) is 0 Å². The molecule has 1 aromatic carbocycles. The molecular weight excluding hydrogens is 152 g/mol. The Hall–Kier alpha value is -1.02. The third-order valence-electron chi connectivity index (χ3n) is 1.88. The minimum atomic E-state index is 0. The molecule has 2 nitrogen and oxygen atoms in total. The molecule has 3 N–H and O–H groups in total. The molecule has 0 aliphatic rings. The summed E-state index contributed by atoms with van der Waals surface area (Å²) in [6.07, 6.45) is 0. The van der Waals surface area contributed by atoms with Gasteiger partial charge in [0.15, 0.2) is 0 Å². The van der Waals surface area contributed by atoms with E-state index in [9.17, 15) is 5.11 Å². The Labute approximate surface area is 73.2 Å². The number of benzene rings is 1. The number of hydrogen-bond donors (Lipinski definition) is 1. The molecule has 0 saturated heterocycles. The van der Waals surface area contributed by atoms with E-state index in [1.807, 2.05) is 19.1 Å². The average Bonchev–Trinajstić information content (AvgIpc) is 1.85. The van der Waals surface area contributed by atoms with Crippen molar-refractivity contribution in [3.63, 3.8) is 0 Å². The fourth-order valence-corrected chi connectivity index (χ4v) is 1.42. The van der Waals surface area contributed by atoms with Crippen molar-refractivity contribution in [1.29, 1.82) is 0 Å². The topological polar surface area (TPSA) is 51.7 Å². The van der Waals surface area contributed by atoms with Crippen LogP contribution in [0.5, 0.6) is 5.75 Å². The van der Waals surface area contributed by atoms with Crippen molar-refractivity contribution in [2.45, 2.75) is 26.7 Å². The number of phenols is 1. The summed E-state index contributed by atoms with van der Waals surface area (Å²) in [5, 5.41) is 9.46. The highest BCUT2D eigenvalue weighted by Crippen LogP contribution is 2.27. The van der Waals surface area contributed by atoms with E-state index >= 15 is 0 Å². The normalized spacial score (nSPS) is 9.67. The minimum Gasteiger partial charge on any atom is -0.508 e. The SMILES string of the molecule is Cc1cccc(O)c1C(C)C.O. The molecule has 68 valence electrons. The molecule has 0 aliphatic carbocycles. The Kier molecular flexibility index (Phi) is 3.77. The molecule has 2 heteroatoms. The fourth-order valence-electron chi connectivity index (χ4n) is 1.42. The van der Waals surface area contributed by atoms with E-state index in [4.69, 9.17) is 0 Å². The van der Waals surface area contributed by atoms with Crippen LogP contribution in [0, 0.1) is 6.92 Å². The van der Waals surface area contributed by atoms with Gasteiger partial charge in [-0.3, -0.25) is 0 Å². The molecule has 0 spiro atoms. The molecule has 0 saturated carbocycles. The molecular formula is C10H16O2. The minimum absolute atomic E-state index is 0. The maximum Gasteiger partial charge on any atom is 0.119 e. The van der Waals surface area contributed by atoms with Crippen LogP contribution in [0.1, 0.15) is 30.9 Å². The highest BCUT2D eigenvalue weighted by Gasteiger charge is 2.06. The molecule has 0 aliphatic heterocycles. The lowest BCUT2D eigenvalue weighted by molar-refractivity contribution is 0.464. The first-order chi connectivity index (χ1) is 5.13. The van der Waals surface area contributed by atoms with E-state index in [0.29, 0.717) is 11.7 Å². The molecule has 12 heavy (non-hydrogen) atoms. The van der Waals surface area contributed by atoms with E-state index in [0.717, 1.165) is 5.56 Å². The van der Waals surface area contributed by atoms with Gasteiger partial charge in [-0.25, -0.2) is 0 Å². The zero-order chi connectivity index (χ0) is 8.43. The molecule has 1 aromatic rings. The van der Waals surface area contributed by atoms with Crippen LogP contribution in [0.25, 0.3) is 0 Å². The van der Waals surface area contributed by atoms with Crippen LogP contribution >= 0.6 is 0 Å². The van der Waals surface area contributed by atoms with E-state index in [1.165, 1.54) is 5.56 Å². The Morgan fingerprint density at radius 3 is 2.17 bits per heavy atom. The van der Waals surface area contributed by atoms with Gasteiger partial charge in [0.2, 0.25) is 0 Å². The van der Waals surface area contributed by atoms with Crippen LogP contribution in [-0.2, 0) is 0 Å². The third-order valence-corrected chi connectivity index (χ3v) is 1.88. The standard InChI is InChI=1S/C10H14O.H2O/c1-7(2)10-8(3)5-4-6-9(10)11;/h4-7,11H,1-3H3;1H2. The van der Waals surface area contributed by atoms with Crippen molar-refractivity contribution >= 4 is 0 Å². The Balaban J connectivity index is 0.00000121. The van der Waals surface area contributed by atoms with Crippen molar-refractivity contribution < 1.29 is 10.6 Å². The molecule has 0 atom stereocenters. The van der Waals surface area contributed by atoms with E-state index in [2.05, 4.69) is 13.8 Å². The highest BCUT2D eigenvalue weighted by atomic mass is 16.3. The van der Waals surface area contributed by atoms with E-state index < -0.39 is 0 Å². The Bertz CT molecular complexity index is 234. The second kappa shape index (κ2) is 4.12. The Morgan fingerprint density at radius 2 is 1.83 bits per heavy atom. The first kappa shape index (κ1) is 11.0. The summed E-state index contributed by atoms with van der Waals surface area (Å²) < 4.78 is 0. The predicted octanol–water partition coefficient (Wildman–Crippen LogP) is 2.00. The number of rotatable bonds is 1. The van der Waals surface area contributed by atoms with Crippen LogP contribution in [0.4, 0.5) is 0 Å². The summed E-state index contributed by atoms with van der Waals surface area (Å²) in [4.78, 5) is 0. The highest BCUT2D eigenvalue weighted by molar-refractivity contribution is 5.40. The fraction of sp³-hybridized carbons (Fsp3) is 0.400. The molecule has 0 amide bonds. The first-order valence-electron chi connectivity index (χ1n) is 3.91. The number of hydrogen-bond acceptors (Lipinski definition) is 1. The molecule has 0 unspecified atom stereocenters. The van der Waals surface area contributed by atoms with Gasteiger partial charge in [0, 0.05) is 0 Å². The van der Waals surface area contributed by atoms with Crippen LogP contribution in [0.2, 0.25) is 0 Å². The van der Waals surface area contributed by atoms with E-state index in [1.54, 1.807) is 6.07 Å². The van der Waals surface area contributed by atoms with Gasteiger partial charge in [-0.05, 0) is 30.0 Å². The maximum atomic E-state index is 9.46. The summed E-state index contributed by atoms with van der Waals surface area (Å²) in [7, 11) is 0. The number of phenolic OH excluding ortho intramolecular Hbond substituents is 1. The molecule has 0 radical (unpaired) electrons. The Morgan fingerprint density at radius 1 is 1.25 bits per heavy atom. The average molecular weight is 168 g/mol. The van der Waals surface area contributed by atoms with Crippen LogP contribution in [0.15, 0.2) is 18.2 Å². The van der Waals surface area contributed by atoms with Gasteiger partial charge in [0.05, 0.1) is 0 Å². The molecule has 0 bridgehead atoms. The largest absolute Gasteiger partial charge is 0.508 e. The van der Waals surface area contributed by atoms with Gasteiger partial charge in [-0.2, -0.15) is 0 Å². The maximum absolute atomic E-state index is 9.46. The summed E-state index contributed by atoms with van der Waals surface area (Å²) in [6.45, 7) is 6.19. The van der Waals surface area contributed by atoms with Crippen LogP contribution < -0.4 is 0 Å². The lowest BCUT2D eigenvalue weighted by Gasteiger charge is -2.10. The monoisotopic (exact) mass is 168 g/mol. The van der Waals surface area contributed by atoms with Crippen molar-refractivity contribution in [2.24, 2.45) is 0 Å². The van der Waals surface area contributed by atoms with Crippen molar-refractivity contribution in [3.8, 4) is 5.75 Å². The van der Waals surface area contributed by atoms with Gasteiger partial charge in [0.1, 0.15) is 5.75 Å². The number of aryl methyl sites for hydroxylation is 1. The molecule has 1 rings (SSSR count). The summed E-state index contributed by atoms with van der Waals surface area (Å²) in [5.74, 6) is 0.816. The van der Waals surface area contributed by atoms with Crippen LogP contribution in [-0.4, -0.2) is 10.6 Å². The lowest BCUT2D eigenvalue weighted by atomic mass is 9.97. The summed E-state index contributed by atoms with van der Waals surface area (Å²) in [5.41, 5.74) is 2.23. The van der Waals surface area contributed by atoms with Gasteiger partial charge in [-0.1, -0.05) is 26.0 Å². The second-order valence-electron chi connectivity index (χ2n) is 3.16. The van der Waals surface area contributed by atoms with Gasteiger partial charge in [-0.15, -0.1) is 0 Å². The summed E-state index contributed by atoms with van der Waals surface area (Å²) >= 11 is 0. The second-order valence-corrected chi connectivity index (χ2v) is 3.16. The van der Waals surface area contributed by atoms with Gasteiger partial charge < -0.3 is 10.6 Å².